The normalized spacial score (nSPS) is 12.1. The summed E-state index contributed by atoms with van der Waals surface area (Å²) in [6.45, 7) is 12.3. The van der Waals surface area contributed by atoms with Crippen LogP contribution < -0.4 is 0 Å². The first-order valence-electron chi connectivity index (χ1n) is 5.54. The van der Waals surface area contributed by atoms with Crippen molar-refractivity contribution in [3.05, 3.63) is 0 Å². The second-order valence-electron chi connectivity index (χ2n) is 5.34. The van der Waals surface area contributed by atoms with Crippen molar-refractivity contribution in [1.29, 1.82) is 0 Å². The van der Waals surface area contributed by atoms with E-state index in [9.17, 15) is 0 Å². The third-order valence-electron chi connectivity index (χ3n) is 3.03. The quantitative estimate of drug-likeness (QED) is 0.411. The van der Waals surface area contributed by atoms with Gasteiger partial charge in [-0.1, -0.05) is 26.7 Å². The lowest BCUT2D eigenvalue weighted by Crippen LogP contribution is -2.40. The van der Waals surface area contributed by atoms with Gasteiger partial charge in [-0.2, -0.15) is 0 Å². The summed E-state index contributed by atoms with van der Waals surface area (Å²) in [5.41, 5.74) is 0. The summed E-state index contributed by atoms with van der Waals surface area (Å²) in [5.74, 6) is 3.00. The van der Waals surface area contributed by atoms with Crippen LogP contribution in [0.5, 0.6) is 0 Å². The maximum atomic E-state index is 6.05. The van der Waals surface area contributed by atoms with Gasteiger partial charge < -0.3 is 4.43 Å². The van der Waals surface area contributed by atoms with Gasteiger partial charge in [0.15, 0.2) is 8.32 Å². The monoisotopic (exact) mass is 290 g/mol. The molecule has 0 heterocycles. The molecule has 0 saturated heterocycles. The maximum absolute atomic E-state index is 6.05. The standard InChI is InChI=1S/C12H23BrOSi/c1-12(2,3)15(4,5)14-11-9-7-6-8-10-13/h6-7,9,11H2,1-5H3. The van der Waals surface area contributed by atoms with E-state index < -0.39 is 8.32 Å². The predicted octanol–water partition coefficient (Wildman–Crippen LogP) is 4.53. The van der Waals surface area contributed by atoms with E-state index in [1.807, 2.05) is 0 Å². The molecule has 15 heavy (non-hydrogen) atoms. The van der Waals surface area contributed by atoms with E-state index in [1.165, 1.54) is 0 Å². The summed E-state index contributed by atoms with van der Waals surface area (Å²) >= 11 is 3.09. The summed E-state index contributed by atoms with van der Waals surface area (Å²) in [4.78, 5) is 2.73. The van der Waals surface area contributed by atoms with Crippen LogP contribution in [0.3, 0.4) is 0 Å². The number of halogens is 1. The Balaban J connectivity index is 3.70. The van der Waals surface area contributed by atoms with E-state index in [4.69, 9.17) is 4.43 Å². The zero-order chi connectivity index (χ0) is 11.9. The minimum absolute atomic E-state index is 0.322. The van der Waals surface area contributed by atoms with E-state index in [0.29, 0.717) is 5.04 Å². The number of hydrogen-bond acceptors (Lipinski definition) is 1. The van der Waals surface area contributed by atoms with E-state index in [2.05, 4.69) is 60.5 Å². The van der Waals surface area contributed by atoms with Crippen molar-refractivity contribution in [2.24, 2.45) is 0 Å². The van der Waals surface area contributed by atoms with Crippen LogP contribution in [-0.4, -0.2) is 14.9 Å². The maximum Gasteiger partial charge on any atom is 0.191 e. The molecule has 1 nitrogen and oxygen atoms in total. The molecule has 0 amide bonds. The Morgan fingerprint density at radius 1 is 1.20 bits per heavy atom. The molecule has 0 rings (SSSR count). The molecule has 0 saturated carbocycles. The second kappa shape index (κ2) is 6.73. The van der Waals surface area contributed by atoms with E-state index in [-0.39, 0.29) is 0 Å². The summed E-state index contributed by atoms with van der Waals surface area (Å²) in [6, 6.07) is 0. The van der Waals surface area contributed by atoms with Crippen LogP contribution in [0.25, 0.3) is 0 Å². The van der Waals surface area contributed by atoms with Gasteiger partial charge >= 0.3 is 0 Å². The summed E-state index contributed by atoms with van der Waals surface area (Å²) in [5, 5.41) is 0.322. The molecule has 88 valence electrons. The van der Waals surface area contributed by atoms with Crippen molar-refractivity contribution < 1.29 is 4.43 Å². The molecule has 0 radical (unpaired) electrons. The van der Waals surface area contributed by atoms with E-state index >= 15 is 0 Å². The zero-order valence-corrected chi connectivity index (χ0v) is 13.2. The van der Waals surface area contributed by atoms with Gasteiger partial charge in [-0.3, -0.25) is 0 Å². The molecule has 0 spiro atoms. The fourth-order valence-corrected chi connectivity index (χ4v) is 2.19. The van der Waals surface area contributed by atoms with Crippen molar-refractivity contribution in [3.63, 3.8) is 0 Å². The van der Waals surface area contributed by atoms with Gasteiger partial charge in [-0.05, 0) is 35.8 Å². The first-order valence-corrected chi connectivity index (χ1v) is 9.24. The Morgan fingerprint density at radius 3 is 2.27 bits per heavy atom. The lowest BCUT2D eigenvalue weighted by atomic mass is 10.2. The van der Waals surface area contributed by atoms with Crippen molar-refractivity contribution in [2.45, 2.75) is 58.2 Å². The number of unbranched alkanes of at least 4 members (excludes halogenated alkanes) is 2. The first kappa shape index (κ1) is 15.2. The Hall–Kier alpha value is 0.217. The van der Waals surface area contributed by atoms with Crippen LogP contribution in [0, 0.1) is 10.8 Å². The van der Waals surface area contributed by atoms with Crippen molar-refractivity contribution in [1.82, 2.24) is 0 Å². The van der Waals surface area contributed by atoms with Gasteiger partial charge in [0, 0.05) is 29.0 Å². The average Bonchev–Trinajstić information content (AvgIpc) is 2.09. The topological polar surface area (TPSA) is 9.23 Å². The highest BCUT2D eigenvalue weighted by Crippen LogP contribution is 2.36. The molecule has 0 bridgehead atoms. The summed E-state index contributed by atoms with van der Waals surface area (Å²) in [7, 11) is -1.52. The van der Waals surface area contributed by atoms with Gasteiger partial charge in [0.25, 0.3) is 0 Å². The molecular weight excluding hydrogens is 268 g/mol. The zero-order valence-electron chi connectivity index (χ0n) is 10.6. The highest BCUT2D eigenvalue weighted by atomic mass is 79.9. The highest BCUT2D eigenvalue weighted by molar-refractivity contribution is 9.12. The van der Waals surface area contributed by atoms with Crippen LogP contribution >= 0.6 is 15.9 Å². The van der Waals surface area contributed by atoms with Gasteiger partial charge in [0.05, 0.1) is 0 Å². The van der Waals surface area contributed by atoms with Gasteiger partial charge in [0.1, 0.15) is 0 Å². The predicted molar refractivity (Wildman–Crippen MR) is 73.7 cm³/mol. The highest BCUT2D eigenvalue weighted by Gasteiger charge is 2.36. The molecule has 0 unspecified atom stereocenters. The SMILES string of the molecule is CC(C)(C)[Si](C)(C)OCCCCC#CBr. The van der Waals surface area contributed by atoms with Crippen LogP contribution in [0.15, 0.2) is 0 Å². The molecule has 0 fully saturated rings. The Morgan fingerprint density at radius 2 is 1.80 bits per heavy atom. The molecule has 0 aromatic rings. The van der Waals surface area contributed by atoms with Gasteiger partial charge in [0.2, 0.25) is 0 Å². The van der Waals surface area contributed by atoms with Crippen LogP contribution in [0.2, 0.25) is 18.1 Å². The molecule has 0 aliphatic rings. The van der Waals surface area contributed by atoms with Crippen molar-refractivity contribution in [3.8, 4) is 10.8 Å². The molecule has 0 aromatic carbocycles. The van der Waals surface area contributed by atoms with Crippen molar-refractivity contribution in [2.75, 3.05) is 6.61 Å². The largest absolute Gasteiger partial charge is 0.417 e. The number of rotatable bonds is 5. The third-order valence-corrected chi connectivity index (χ3v) is 7.85. The summed E-state index contributed by atoms with van der Waals surface area (Å²) in [6.07, 6.45) is 3.22. The van der Waals surface area contributed by atoms with Crippen molar-refractivity contribution >= 4 is 24.2 Å². The fourth-order valence-electron chi connectivity index (χ4n) is 0.907. The number of hydrogen-bond donors (Lipinski definition) is 0. The third kappa shape index (κ3) is 6.39. The molecule has 0 aliphatic carbocycles. The second-order valence-corrected chi connectivity index (χ2v) is 10.5. The summed E-state index contributed by atoms with van der Waals surface area (Å²) < 4.78 is 6.05. The first-order chi connectivity index (χ1) is 6.81. The molecular formula is C12H23BrOSi. The Bertz CT molecular complexity index is 232. The van der Waals surface area contributed by atoms with Crippen LogP contribution in [-0.2, 0) is 4.43 Å². The molecule has 0 N–H and O–H groups in total. The minimum atomic E-state index is -1.52. The lowest BCUT2D eigenvalue weighted by Gasteiger charge is -2.36. The lowest BCUT2D eigenvalue weighted by molar-refractivity contribution is 0.280. The molecule has 3 heteroatoms. The fraction of sp³-hybridized carbons (Fsp3) is 0.833. The smallest absolute Gasteiger partial charge is 0.191 e. The molecule has 0 aliphatic heterocycles. The average molecular weight is 291 g/mol. The Labute approximate surface area is 104 Å². The van der Waals surface area contributed by atoms with E-state index in [1.54, 1.807) is 0 Å². The molecule has 0 atom stereocenters. The van der Waals surface area contributed by atoms with Crippen LogP contribution in [0.4, 0.5) is 0 Å². The van der Waals surface area contributed by atoms with E-state index in [0.717, 1.165) is 25.9 Å². The Kier molecular flexibility index (Phi) is 6.82. The van der Waals surface area contributed by atoms with Crippen LogP contribution in [0.1, 0.15) is 40.0 Å². The molecule has 0 aromatic heterocycles. The van der Waals surface area contributed by atoms with Gasteiger partial charge in [-0.15, -0.1) is 0 Å². The van der Waals surface area contributed by atoms with Gasteiger partial charge in [-0.25, -0.2) is 0 Å². The minimum Gasteiger partial charge on any atom is -0.417 e.